The van der Waals surface area contributed by atoms with Gasteiger partial charge in [-0.1, -0.05) is 74.9 Å². The molecule has 0 saturated carbocycles. The van der Waals surface area contributed by atoms with Crippen molar-refractivity contribution >= 4 is 5.91 Å². The number of piperidine rings is 1. The summed E-state index contributed by atoms with van der Waals surface area (Å²) in [6.45, 7) is 8.06. The number of hydrogen-bond acceptors (Lipinski definition) is 2. The molecule has 1 heterocycles. The van der Waals surface area contributed by atoms with Crippen LogP contribution in [0.3, 0.4) is 0 Å². The van der Waals surface area contributed by atoms with E-state index in [1.165, 1.54) is 24.0 Å². The predicted molar refractivity (Wildman–Crippen MR) is 116 cm³/mol. The molecule has 0 bridgehead atoms. The number of carbonyl (C=O) groups excluding carboxylic acids is 1. The molecule has 3 heteroatoms. The molecule has 3 nitrogen and oxygen atoms in total. The van der Waals surface area contributed by atoms with Gasteiger partial charge in [0, 0.05) is 19.6 Å². The minimum atomic E-state index is 0.0603. The first kappa shape index (κ1) is 20.6. The van der Waals surface area contributed by atoms with Crippen molar-refractivity contribution in [1.82, 2.24) is 10.2 Å². The minimum absolute atomic E-state index is 0.0603. The summed E-state index contributed by atoms with van der Waals surface area (Å²) in [6.07, 6.45) is 4.39. The Labute approximate surface area is 170 Å². The third-order valence-corrected chi connectivity index (χ3v) is 5.89. The highest BCUT2D eigenvalue weighted by atomic mass is 16.1. The summed E-state index contributed by atoms with van der Waals surface area (Å²) in [7, 11) is 0. The minimum Gasteiger partial charge on any atom is -0.352 e. The van der Waals surface area contributed by atoms with Gasteiger partial charge in [0.2, 0.25) is 5.91 Å². The quantitative estimate of drug-likeness (QED) is 0.717. The zero-order valence-corrected chi connectivity index (χ0v) is 17.4. The van der Waals surface area contributed by atoms with Crippen molar-refractivity contribution in [3.05, 3.63) is 71.3 Å². The van der Waals surface area contributed by atoms with Gasteiger partial charge in [-0.3, -0.25) is 4.79 Å². The summed E-state index contributed by atoms with van der Waals surface area (Å²) in [5, 5.41) is 3.17. The summed E-state index contributed by atoms with van der Waals surface area (Å²) in [4.78, 5) is 15.4. The van der Waals surface area contributed by atoms with Crippen molar-refractivity contribution in [2.24, 2.45) is 5.92 Å². The predicted octanol–water partition coefficient (Wildman–Crippen LogP) is 4.77. The lowest BCUT2D eigenvalue weighted by atomic mass is 9.83. The van der Waals surface area contributed by atoms with E-state index in [1.54, 1.807) is 0 Å². The maximum atomic E-state index is 12.9. The number of unbranched alkanes of at least 4 members (excludes halogenated alkanes) is 1. The van der Waals surface area contributed by atoms with E-state index in [2.05, 4.69) is 60.5 Å². The average molecular weight is 379 g/mol. The van der Waals surface area contributed by atoms with Crippen molar-refractivity contribution in [1.29, 1.82) is 0 Å². The van der Waals surface area contributed by atoms with Crippen LogP contribution in [-0.2, 0) is 17.8 Å². The molecule has 0 unspecified atom stereocenters. The highest BCUT2D eigenvalue weighted by molar-refractivity contribution is 5.79. The SMILES string of the molecule is CCCCN1C[C@H](C(=O)NCc2ccccc2)C[C@H](c2ccc(CC)cc2)C1. The number of nitrogens with one attached hydrogen (secondary N) is 1. The largest absolute Gasteiger partial charge is 0.352 e. The van der Waals surface area contributed by atoms with E-state index in [-0.39, 0.29) is 11.8 Å². The van der Waals surface area contributed by atoms with Gasteiger partial charge >= 0.3 is 0 Å². The maximum absolute atomic E-state index is 12.9. The molecule has 1 aliphatic rings. The summed E-state index contributed by atoms with van der Waals surface area (Å²) < 4.78 is 0. The number of hydrogen-bond donors (Lipinski definition) is 1. The Balaban J connectivity index is 1.66. The van der Waals surface area contributed by atoms with E-state index in [0.717, 1.165) is 38.0 Å². The molecule has 1 N–H and O–H groups in total. The topological polar surface area (TPSA) is 32.3 Å². The standard InChI is InChI=1S/C25H34N2O/c1-3-5-15-27-18-23(22-13-11-20(4-2)12-14-22)16-24(19-27)25(28)26-17-21-9-7-6-8-10-21/h6-14,23-24H,3-5,15-19H2,1-2H3,(H,26,28)/t23-,24+/m0/s1. The van der Waals surface area contributed by atoms with E-state index in [1.807, 2.05) is 18.2 Å². The molecule has 0 spiro atoms. The van der Waals surface area contributed by atoms with Gasteiger partial charge in [-0.25, -0.2) is 0 Å². The van der Waals surface area contributed by atoms with Crippen LogP contribution in [0.5, 0.6) is 0 Å². The van der Waals surface area contributed by atoms with Gasteiger partial charge in [0.25, 0.3) is 0 Å². The van der Waals surface area contributed by atoms with Crippen LogP contribution in [0.25, 0.3) is 0 Å². The molecule has 0 aromatic heterocycles. The Morgan fingerprint density at radius 1 is 1.00 bits per heavy atom. The Bertz CT molecular complexity index is 726. The summed E-state index contributed by atoms with van der Waals surface area (Å²) >= 11 is 0. The van der Waals surface area contributed by atoms with Crippen molar-refractivity contribution in [2.75, 3.05) is 19.6 Å². The second-order valence-corrected chi connectivity index (χ2v) is 8.04. The number of amides is 1. The molecule has 0 radical (unpaired) electrons. The van der Waals surface area contributed by atoms with E-state index in [0.29, 0.717) is 12.5 Å². The van der Waals surface area contributed by atoms with Crippen LogP contribution in [0.15, 0.2) is 54.6 Å². The zero-order chi connectivity index (χ0) is 19.8. The summed E-state index contributed by atoms with van der Waals surface area (Å²) in [5.74, 6) is 0.689. The van der Waals surface area contributed by atoms with Crippen LogP contribution in [0, 0.1) is 5.92 Å². The van der Waals surface area contributed by atoms with Crippen LogP contribution in [0.2, 0.25) is 0 Å². The van der Waals surface area contributed by atoms with E-state index < -0.39 is 0 Å². The lowest BCUT2D eigenvalue weighted by Gasteiger charge is -2.37. The number of likely N-dealkylation sites (tertiary alicyclic amines) is 1. The Hall–Kier alpha value is -2.13. The van der Waals surface area contributed by atoms with E-state index >= 15 is 0 Å². The molecule has 1 amide bonds. The molecule has 1 fully saturated rings. The smallest absolute Gasteiger partial charge is 0.224 e. The molecule has 0 aliphatic carbocycles. The van der Waals surface area contributed by atoms with Crippen molar-refractivity contribution in [3.63, 3.8) is 0 Å². The van der Waals surface area contributed by atoms with Crippen molar-refractivity contribution < 1.29 is 4.79 Å². The molecule has 28 heavy (non-hydrogen) atoms. The van der Waals surface area contributed by atoms with Crippen LogP contribution in [0.1, 0.15) is 55.7 Å². The molecule has 2 atom stereocenters. The number of benzene rings is 2. The van der Waals surface area contributed by atoms with Crippen molar-refractivity contribution in [2.45, 2.75) is 52.0 Å². The van der Waals surface area contributed by atoms with Gasteiger partial charge in [-0.05, 0) is 48.4 Å². The fraction of sp³-hybridized carbons (Fsp3) is 0.480. The van der Waals surface area contributed by atoms with Gasteiger partial charge < -0.3 is 10.2 Å². The molecule has 3 rings (SSSR count). The first-order valence-electron chi connectivity index (χ1n) is 10.8. The van der Waals surface area contributed by atoms with Crippen LogP contribution >= 0.6 is 0 Å². The number of nitrogens with zero attached hydrogens (tertiary/aromatic N) is 1. The molecule has 150 valence electrons. The van der Waals surface area contributed by atoms with Crippen molar-refractivity contribution in [3.8, 4) is 0 Å². The normalized spacial score (nSPS) is 20.1. The molecule has 1 saturated heterocycles. The third-order valence-electron chi connectivity index (χ3n) is 5.89. The van der Waals surface area contributed by atoms with Gasteiger partial charge in [0.15, 0.2) is 0 Å². The summed E-state index contributed by atoms with van der Waals surface area (Å²) in [5.41, 5.74) is 3.90. The molecule has 1 aliphatic heterocycles. The monoisotopic (exact) mass is 378 g/mol. The van der Waals surface area contributed by atoms with Crippen LogP contribution < -0.4 is 5.32 Å². The number of carbonyl (C=O) groups is 1. The zero-order valence-electron chi connectivity index (χ0n) is 17.4. The highest BCUT2D eigenvalue weighted by Crippen LogP contribution is 2.31. The second-order valence-electron chi connectivity index (χ2n) is 8.04. The first-order chi connectivity index (χ1) is 13.7. The van der Waals surface area contributed by atoms with Gasteiger partial charge in [0.05, 0.1) is 5.92 Å². The number of rotatable bonds is 8. The van der Waals surface area contributed by atoms with Gasteiger partial charge in [0.1, 0.15) is 0 Å². The van der Waals surface area contributed by atoms with Crippen LogP contribution in [0.4, 0.5) is 0 Å². The molecule has 2 aromatic rings. The molecule has 2 aromatic carbocycles. The molecular formula is C25H34N2O. The third kappa shape index (κ3) is 5.68. The first-order valence-corrected chi connectivity index (χ1v) is 10.8. The second kappa shape index (κ2) is 10.4. The number of aryl methyl sites for hydroxylation is 1. The van der Waals surface area contributed by atoms with Crippen LogP contribution in [-0.4, -0.2) is 30.4 Å². The van der Waals surface area contributed by atoms with E-state index in [4.69, 9.17) is 0 Å². The maximum Gasteiger partial charge on any atom is 0.224 e. The highest BCUT2D eigenvalue weighted by Gasteiger charge is 2.32. The average Bonchev–Trinajstić information content (AvgIpc) is 2.76. The lowest BCUT2D eigenvalue weighted by molar-refractivity contribution is -0.127. The summed E-state index contributed by atoms with van der Waals surface area (Å²) in [6, 6.07) is 19.2. The van der Waals surface area contributed by atoms with E-state index in [9.17, 15) is 4.79 Å². The molecular weight excluding hydrogens is 344 g/mol. The Morgan fingerprint density at radius 3 is 2.43 bits per heavy atom. The fourth-order valence-electron chi connectivity index (χ4n) is 4.14. The van der Waals surface area contributed by atoms with Gasteiger partial charge in [-0.15, -0.1) is 0 Å². The fourth-order valence-corrected chi connectivity index (χ4v) is 4.14. The van der Waals surface area contributed by atoms with Gasteiger partial charge in [-0.2, -0.15) is 0 Å². The lowest BCUT2D eigenvalue weighted by Crippen LogP contribution is -2.45. The Morgan fingerprint density at radius 2 is 1.75 bits per heavy atom. The Kier molecular flexibility index (Phi) is 7.67.